The number of anilines is 1. The Morgan fingerprint density at radius 3 is 2.55 bits per heavy atom. The highest BCUT2D eigenvalue weighted by atomic mass is 16.5. The van der Waals surface area contributed by atoms with Crippen molar-refractivity contribution in [3.8, 4) is 11.4 Å². The van der Waals surface area contributed by atoms with Crippen LogP contribution in [0, 0.1) is 5.92 Å². The van der Waals surface area contributed by atoms with Gasteiger partial charge >= 0.3 is 0 Å². The van der Waals surface area contributed by atoms with Crippen LogP contribution in [0.1, 0.15) is 27.1 Å². The predicted molar refractivity (Wildman–Crippen MR) is 107 cm³/mol. The highest BCUT2D eigenvalue weighted by Gasteiger charge is 2.33. The Kier molecular flexibility index (Phi) is 4.99. The van der Waals surface area contributed by atoms with E-state index in [9.17, 15) is 9.59 Å². The Hall–Kier alpha value is -3.68. The quantitative estimate of drug-likeness (QED) is 0.669. The summed E-state index contributed by atoms with van der Waals surface area (Å²) in [6, 6.07) is 10.6. The number of Topliss-reactive ketones (excluding diaryl/α,β-unsaturated/α-hetero) is 1. The molecule has 0 spiro atoms. The summed E-state index contributed by atoms with van der Waals surface area (Å²) in [5.74, 6) is 0.535. The Morgan fingerprint density at radius 1 is 1.14 bits per heavy atom. The average molecular weight is 391 g/mol. The van der Waals surface area contributed by atoms with Crippen molar-refractivity contribution in [3.63, 3.8) is 0 Å². The lowest BCUT2D eigenvalue weighted by Crippen LogP contribution is -2.30. The van der Waals surface area contributed by atoms with Gasteiger partial charge in [-0.05, 0) is 42.8 Å². The van der Waals surface area contributed by atoms with E-state index in [-0.39, 0.29) is 17.6 Å². The molecule has 0 unspecified atom stereocenters. The number of amides is 1. The number of nitrogens with zero attached hydrogens (tertiary/aromatic N) is 4. The molecule has 1 fully saturated rings. The van der Waals surface area contributed by atoms with Crippen LogP contribution in [0.5, 0.6) is 5.75 Å². The number of hydrogen-bond acceptors (Lipinski definition) is 6. The molecule has 4 rings (SSSR count). The smallest absolute Gasteiger partial charge is 0.253 e. The molecule has 0 aliphatic carbocycles. The summed E-state index contributed by atoms with van der Waals surface area (Å²) in [7, 11) is 1.60. The topological polar surface area (TPSA) is 103 Å². The second-order valence-corrected chi connectivity index (χ2v) is 6.89. The Bertz CT molecular complexity index is 1030. The summed E-state index contributed by atoms with van der Waals surface area (Å²) >= 11 is 0. The van der Waals surface area contributed by atoms with E-state index in [1.807, 2.05) is 12.1 Å². The SMILES string of the molecule is COc1ccc(-n2ncc(C(=O)[C@H]3CCN(C(=O)c4ccncc4)C3)c2N)cc1. The first-order chi connectivity index (χ1) is 14.1. The van der Waals surface area contributed by atoms with Gasteiger partial charge in [0.05, 0.1) is 24.6 Å². The van der Waals surface area contributed by atoms with Crippen molar-refractivity contribution in [3.05, 3.63) is 66.1 Å². The van der Waals surface area contributed by atoms with Gasteiger partial charge < -0.3 is 15.4 Å². The van der Waals surface area contributed by atoms with Gasteiger partial charge in [0, 0.05) is 37.0 Å². The lowest BCUT2D eigenvalue weighted by atomic mass is 9.98. The number of carbonyl (C=O) groups is 2. The molecule has 0 bridgehead atoms. The minimum atomic E-state index is -0.295. The molecule has 1 amide bonds. The van der Waals surface area contributed by atoms with Gasteiger partial charge in [0.25, 0.3) is 5.91 Å². The number of ketones is 1. The first-order valence-electron chi connectivity index (χ1n) is 9.30. The van der Waals surface area contributed by atoms with Crippen LogP contribution < -0.4 is 10.5 Å². The number of methoxy groups -OCH3 is 1. The minimum absolute atomic E-state index is 0.0905. The van der Waals surface area contributed by atoms with Gasteiger partial charge in [-0.3, -0.25) is 14.6 Å². The van der Waals surface area contributed by atoms with E-state index >= 15 is 0 Å². The van der Waals surface area contributed by atoms with E-state index in [0.717, 1.165) is 11.4 Å². The molecule has 2 N–H and O–H groups in total. The molecule has 1 aromatic carbocycles. The van der Waals surface area contributed by atoms with Crippen LogP contribution in [-0.4, -0.2) is 51.6 Å². The predicted octanol–water partition coefficient (Wildman–Crippen LogP) is 2.20. The monoisotopic (exact) mass is 391 g/mol. The Balaban J connectivity index is 1.49. The summed E-state index contributed by atoms with van der Waals surface area (Å²) in [4.78, 5) is 31.2. The molecule has 1 atom stereocenters. The van der Waals surface area contributed by atoms with Gasteiger partial charge in [0.2, 0.25) is 0 Å². The second kappa shape index (κ2) is 7.75. The molecule has 3 heterocycles. The van der Waals surface area contributed by atoms with Crippen molar-refractivity contribution in [2.45, 2.75) is 6.42 Å². The molecule has 0 saturated carbocycles. The molecule has 3 aromatic rings. The van der Waals surface area contributed by atoms with Crippen molar-refractivity contribution >= 4 is 17.5 Å². The van der Waals surface area contributed by atoms with Gasteiger partial charge in [0.1, 0.15) is 11.6 Å². The van der Waals surface area contributed by atoms with Gasteiger partial charge in [-0.25, -0.2) is 4.68 Å². The summed E-state index contributed by atoms with van der Waals surface area (Å²) in [6.45, 7) is 0.900. The third-order valence-corrected chi connectivity index (χ3v) is 5.16. The molecular weight excluding hydrogens is 370 g/mol. The molecule has 8 nitrogen and oxygen atoms in total. The van der Waals surface area contributed by atoms with Crippen molar-refractivity contribution in [2.24, 2.45) is 5.92 Å². The maximum Gasteiger partial charge on any atom is 0.253 e. The molecular formula is C21H21N5O3. The van der Waals surface area contributed by atoms with Crippen LogP contribution in [0.2, 0.25) is 0 Å². The number of benzene rings is 1. The van der Waals surface area contributed by atoms with Crippen LogP contribution in [0.3, 0.4) is 0 Å². The lowest BCUT2D eigenvalue weighted by molar-refractivity contribution is 0.0780. The van der Waals surface area contributed by atoms with Crippen LogP contribution >= 0.6 is 0 Å². The van der Waals surface area contributed by atoms with Gasteiger partial charge in [-0.1, -0.05) is 0 Å². The van der Waals surface area contributed by atoms with E-state index < -0.39 is 0 Å². The first kappa shape index (κ1) is 18.7. The molecule has 0 radical (unpaired) electrons. The largest absolute Gasteiger partial charge is 0.497 e. The van der Waals surface area contributed by atoms with Crippen LogP contribution in [0.15, 0.2) is 55.0 Å². The zero-order valence-corrected chi connectivity index (χ0v) is 16.0. The second-order valence-electron chi connectivity index (χ2n) is 6.89. The molecule has 1 aliphatic rings. The summed E-state index contributed by atoms with van der Waals surface area (Å²) in [5.41, 5.74) is 7.91. The number of aromatic nitrogens is 3. The van der Waals surface area contributed by atoms with E-state index in [2.05, 4.69) is 10.1 Å². The fraction of sp³-hybridized carbons (Fsp3) is 0.238. The highest BCUT2D eigenvalue weighted by Crippen LogP contribution is 2.26. The van der Waals surface area contributed by atoms with Gasteiger partial charge in [0.15, 0.2) is 5.78 Å². The third kappa shape index (κ3) is 3.56. The number of hydrogen-bond donors (Lipinski definition) is 1. The first-order valence-corrected chi connectivity index (χ1v) is 9.30. The average Bonchev–Trinajstić information content (AvgIpc) is 3.41. The maximum absolute atomic E-state index is 13.0. The third-order valence-electron chi connectivity index (χ3n) is 5.16. The van der Waals surface area contributed by atoms with E-state index in [4.69, 9.17) is 10.5 Å². The normalized spacial score (nSPS) is 16.0. The number of nitrogen functional groups attached to an aromatic ring is 1. The summed E-state index contributed by atoms with van der Waals surface area (Å²) in [6.07, 6.45) is 5.26. The van der Waals surface area contributed by atoms with Gasteiger partial charge in [-0.15, -0.1) is 0 Å². The molecule has 8 heteroatoms. The molecule has 2 aromatic heterocycles. The van der Waals surface area contributed by atoms with Crippen molar-refractivity contribution in [1.29, 1.82) is 0 Å². The standard InChI is InChI=1S/C21H21N5O3/c1-29-17-4-2-16(3-5-17)26-20(22)18(12-24-26)19(27)15-8-11-25(13-15)21(28)14-6-9-23-10-7-14/h2-7,9-10,12,15H,8,11,13,22H2,1H3/t15-/m0/s1. The zero-order valence-electron chi connectivity index (χ0n) is 16.0. The molecule has 29 heavy (non-hydrogen) atoms. The zero-order chi connectivity index (χ0) is 20.4. The number of likely N-dealkylation sites (tertiary alicyclic amines) is 1. The highest BCUT2D eigenvalue weighted by molar-refractivity contribution is 6.03. The number of carbonyl (C=O) groups excluding carboxylic acids is 2. The molecule has 1 aliphatic heterocycles. The fourth-order valence-corrected chi connectivity index (χ4v) is 3.53. The number of rotatable bonds is 5. The van der Waals surface area contributed by atoms with Crippen LogP contribution in [0.25, 0.3) is 5.69 Å². The lowest BCUT2D eigenvalue weighted by Gasteiger charge is -2.16. The Labute approximate surface area is 167 Å². The maximum atomic E-state index is 13.0. The van der Waals surface area contributed by atoms with E-state index in [1.165, 1.54) is 10.9 Å². The van der Waals surface area contributed by atoms with Crippen molar-refractivity contribution in [2.75, 3.05) is 25.9 Å². The van der Waals surface area contributed by atoms with Crippen molar-refractivity contribution in [1.82, 2.24) is 19.7 Å². The number of pyridine rings is 1. The van der Waals surface area contributed by atoms with Crippen LogP contribution in [0.4, 0.5) is 5.82 Å². The van der Waals surface area contributed by atoms with Crippen molar-refractivity contribution < 1.29 is 14.3 Å². The number of nitrogens with two attached hydrogens (primary N) is 1. The van der Waals surface area contributed by atoms with Gasteiger partial charge in [-0.2, -0.15) is 5.10 Å². The summed E-state index contributed by atoms with van der Waals surface area (Å²) in [5, 5.41) is 4.28. The summed E-state index contributed by atoms with van der Waals surface area (Å²) < 4.78 is 6.69. The fourth-order valence-electron chi connectivity index (χ4n) is 3.53. The van der Waals surface area contributed by atoms with E-state index in [0.29, 0.717) is 36.5 Å². The minimum Gasteiger partial charge on any atom is -0.497 e. The number of ether oxygens (including phenoxy) is 1. The van der Waals surface area contributed by atoms with E-state index in [1.54, 1.807) is 48.7 Å². The van der Waals surface area contributed by atoms with Crippen LogP contribution in [-0.2, 0) is 0 Å². The Morgan fingerprint density at radius 2 is 1.86 bits per heavy atom. The molecule has 148 valence electrons. The molecule has 1 saturated heterocycles.